The number of hydrogen-bond acceptors (Lipinski definition) is 4. The fourth-order valence-electron chi connectivity index (χ4n) is 4.97. The van der Waals surface area contributed by atoms with Crippen molar-refractivity contribution in [3.05, 3.63) is 64.7 Å². The van der Waals surface area contributed by atoms with Gasteiger partial charge in [-0.15, -0.1) is 11.3 Å². The van der Waals surface area contributed by atoms with Crippen LogP contribution in [0.5, 0.6) is 0 Å². The molecule has 1 aromatic carbocycles. The molecule has 0 saturated carbocycles. The Bertz CT molecular complexity index is 1160. The van der Waals surface area contributed by atoms with Gasteiger partial charge in [-0.2, -0.15) is 0 Å². The normalized spacial score (nSPS) is 18.1. The van der Waals surface area contributed by atoms with Gasteiger partial charge in [0.05, 0.1) is 23.1 Å². The molecule has 6 heteroatoms. The smallest absolute Gasteiger partial charge is 0.253 e. The van der Waals surface area contributed by atoms with E-state index in [0.29, 0.717) is 6.54 Å². The minimum Gasteiger partial charge on any atom is -0.376 e. The summed E-state index contributed by atoms with van der Waals surface area (Å²) in [6.07, 6.45) is 10.6. The molecular formula is C28H33N3O2S. The molecule has 0 spiro atoms. The number of allylic oxidation sites excluding steroid dienone is 2. The first-order valence-electron chi connectivity index (χ1n) is 12.5. The second-order valence-electron chi connectivity index (χ2n) is 9.29. The number of hydrogen-bond donors (Lipinski definition) is 1. The van der Waals surface area contributed by atoms with Crippen LogP contribution >= 0.6 is 11.3 Å². The average Bonchev–Trinajstić information content (AvgIpc) is 3.63. The van der Waals surface area contributed by atoms with Gasteiger partial charge in [0, 0.05) is 36.3 Å². The van der Waals surface area contributed by atoms with Crippen LogP contribution in [0.3, 0.4) is 0 Å². The fraction of sp³-hybridized carbons (Fsp3) is 0.429. The second kappa shape index (κ2) is 10.7. The van der Waals surface area contributed by atoms with Crippen LogP contribution in [0.2, 0.25) is 0 Å². The van der Waals surface area contributed by atoms with Crippen LogP contribution in [0.15, 0.2) is 53.4 Å². The summed E-state index contributed by atoms with van der Waals surface area (Å²) in [5.74, 6) is -0.0246. The van der Waals surface area contributed by atoms with Gasteiger partial charge >= 0.3 is 0 Å². The molecule has 3 heterocycles. The number of thiazole rings is 1. The Morgan fingerprint density at radius 1 is 1.24 bits per heavy atom. The summed E-state index contributed by atoms with van der Waals surface area (Å²) in [4.78, 5) is 18.1. The Kier molecular flexibility index (Phi) is 7.26. The molecule has 0 bridgehead atoms. The molecule has 2 aliphatic rings. The van der Waals surface area contributed by atoms with Gasteiger partial charge in [0.1, 0.15) is 5.01 Å². The molecule has 1 N–H and O–H groups in total. The first-order chi connectivity index (χ1) is 16.7. The van der Waals surface area contributed by atoms with E-state index in [4.69, 9.17) is 9.72 Å². The van der Waals surface area contributed by atoms with Crippen LogP contribution in [0.1, 0.15) is 61.0 Å². The molecular weight excluding hydrogens is 442 g/mol. The zero-order chi connectivity index (χ0) is 23.3. The van der Waals surface area contributed by atoms with Crippen LogP contribution in [0, 0.1) is 6.92 Å². The molecule has 1 saturated heterocycles. The van der Waals surface area contributed by atoms with Gasteiger partial charge in [0.25, 0.3) is 5.91 Å². The van der Waals surface area contributed by atoms with Crippen molar-refractivity contribution < 1.29 is 9.53 Å². The van der Waals surface area contributed by atoms with Gasteiger partial charge in [0.15, 0.2) is 0 Å². The van der Waals surface area contributed by atoms with E-state index in [0.717, 1.165) is 65.6 Å². The van der Waals surface area contributed by atoms with E-state index in [9.17, 15) is 4.79 Å². The first-order valence-corrected chi connectivity index (χ1v) is 13.4. The van der Waals surface area contributed by atoms with E-state index >= 15 is 0 Å². The largest absolute Gasteiger partial charge is 0.376 e. The summed E-state index contributed by atoms with van der Waals surface area (Å²) in [6, 6.07) is 12.3. The van der Waals surface area contributed by atoms with Crippen molar-refractivity contribution >= 4 is 17.2 Å². The second-order valence-corrected chi connectivity index (χ2v) is 10.1. The van der Waals surface area contributed by atoms with Crippen molar-refractivity contribution in [2.75, 3.05) is 13.2 Å². The number of carbonyl (C=O) groups is 1. The maximum atomic E-state index is 13.1. The third kappa shape index (κ3) is 5.18. The van der Waals surface area contributed by atoms with E-state index in [1.165, 1.54) is 31.3 Å². The van der Waals surface area contributed by atoms with Gasteiger partial charge < -0.3 is 14.6 Å². The molecule has 1 atom stereocenters. The summed E-state index contributed by atoms with van der Waals surface area (Å²) in [5, 5.41) is 6.22. The molecule has 5 nitrogen and oxygen atoms in total. The van der Waals surface area contributed by atoms with Crippen molar-refractivity contribution in [3.63, 3.8) is 0 Å². The number of benzene rings is 1. The van der Waals surface area contributed by atoms with Gasteiger partial charge in [-0.05, 0) is 57.9 Å². The van der Waals surface area contributed by atoms with E-state index in [-0.39, 0.29) is 12.0 Å². The van der Waals surface area contributed by atoms with Gasteiger partial charge in [0.2, 0.25) is 0 Å². The van der Waals surface area contributed by atoms with E-state index in [1.807, 2.05) is 24.3 Å². The predicted molar refractivity (Wildman–Crippen MR) is 138 cm³/mol. The number of nitrogens with zero attached hydrogens (tertiary/aromatic N) is 2. The highest BCUT2D eigenvalue weighted by atomic mass is 32.1. The average molecular weight is 476 g/mol. The van der Waals surface area contributed by atoms with Crippen LogP contribution in [0.4, 0.5) is 0 Å². The zero-order valence-corrected chi connectivity index (χ0v) is 20.7. The van der Waals surface area contributed by atoms with Gasteiger partial charge in [-0.1, -0.05) is 42.0 Å². The summed E-state index contributed by atoms with van der Waals surface area (Å²) >= 11 is 1.65. The maximum Gasteiger partial charge on any atom is 0.253 e. The number of nitrogens with one attached hydrogen (secondary N) is 1. The van der Waals surface area contributed by atoms with Crippen molar-refractivity contribution in [2.45, 2.75) is 64.5 Å². The van der Waals surface area contributed by atoms with Crippen molar-refractivity contribution in [3.8, 4) is 22.0 Å². The molecule has 1 aliphatic heterocycles. The third-order valence-corrected chi connectivity index (χ3v) is 7.85. The monoisotopic (exact) mass is 475 g/mol. The molecule has 1 unspecified atom stereocenters. The Labute approximate surface area is 205 Å². The van der Waals surface area contributed by atoms with Crippen LogP contribution in [0.25, 0.3) is 22.0 Å². The van der Waals surface area contributed by atoms with Crippen molar-refractivity contribution in [2.24, 2.45) is 0 Å². The zero-order valence-electron chi connectivity index (χ0n) is 19.9. The lowest BCUT2D eigenvalue weighted by molar-refractivity contribution is 0.0857. The fourth-order valence-corrected chi connectivity index (χ4v) is 5.79. The summed E-state index contributed by atoms with van der Waals surface area (Å²) in [6.45, 7) is 4.29. The highest BCUT2D eigenvalue weighted by Crippen LogP contribution is 2.32. The molecule has 3 aromatic rings. The SMILES string of the molecule is Cc1c(C(=O)NCC2CCCO2)cc(-c2csc(-c3ccccc3)n2)n1CCC1=CCCCC1. The molecule has 1 aliphatic carbocycles. The number of aromatic nitrogens is 2. The third-order valence-electron chi connectivity index (χ3n) is 6.95. The lowest BCUT2D eigenvalue weighted by atomic mass is 9.97. The highest BCUT2D eigenvalue weighted by Gasteiger charge is 2.22. The Morgan fingerprint density at radius 3 is 2.88 bits per heavy atom. The summed E-state index contributed by atoms with van der Waals surface area (Å²) in [5.41, 5.74) is 6.36. The molecule has 5 rings (SSSR count). The number of ether oxygens (including phenoxy) is 1. The summed E-state index contributed by atoms with van der Waals surface area (Å²) in [7, 11) is 0. The van der Waals surface area contributed by atoms with Crippen LogP contribution < -0.4 is 5.32 Å². The number of carbonyl (C=O) groups excluding carboxylic acids is 1. The first kappa shape index (κ1) is 23.1. The molecule has 1 fully saturated rings. The molecule has 1 amide bonds. The highest BCUT2D eigenvalue weighted by molar-refractivity contribution is 7.13. The topological polar surface area (TPSA) is 56.1 Å². The van der Waals surface area contributed by atoms with E-state index in [2.05, 4.69) is 40.4 Å². The van der Waals surface area contributed by atoms with E-state index in [1.54, 1.807) is 11.3 Å². The minimum atomic E-state index is -0.0246. The lowest BCUT2D eigenvalue weighted by Crippen LogP contribution is -2.32. The molecule has 2 aromatic heterocycles. The Morgan fingerprint density at radius 2 is 2.12 bits per heavy atom. The predicted octanol–water partition coefficient (Wildman–Crippen LogP) is 6.39. The standard InChI is InChI=1S/C28H33N3O2S/c1-20-24(27(32)29-18-23-13-8-16-33-23)17-26(31(20)15-14-21-9-4-2-5-10-21)25-19-34-28(30-25)22-11-6-3-7-12-22/h3,6-7,9,11-12,17,19,23H,2,4-5,8,10,13-16,18H2,1H3,(H,29,32). The molecule has 178 valence electrons. The maximum absolute atomic E-state index is 13.1. The summed E-state index contributed by atoms with van der Waals surface area (Å²) < 4.78 is 7.98. The van der Waals surface area contributed by atoms with Crippen LogP contribution in [-0.2, 0) is 11.3 Å². The number of rotatable bonds is 8. The van der Waals surface area contributed by atoms with Crippen molar-refractivity contribution in [1.82, 2.24) is 14.9 Å². The van der Waals surface area contributed by atoms with Gasteiger partial charge in [-0.25, -0.2) is 4.98 Å². The lowest BCUT2D eigenvalue weighted by Gasteiger charge is -2.16. The Balaban J connectivity index is 1.42. The van der Waals surface area contributed by atoms with Gasteiger partial charge in [-0.3, -0.25) is 4.79 Å². The number of amides is 1. The quantitative estimate of drug-likeness (QED) is 0.384. The molecule has 34 heavy (non-hydrogen) atoms. The minimum absolute atomic E-state index is 0.0246. The van der Waals surface area contributed by atoms with Crippen molar-refractivity contribution in [1.29, 1.82) is 0 Å². The molecule has 0 radical (unpaired) electrons. The van der Waals surface area contributed by atoms with Crippen LogP contribution in [-0.4, -0.2) is 34.7 Å². The van der Waals surface area contributed by atoms with E-state index < -0.39 is 0 Å². The Hall–Kier alpha value is -2.70.